The van der Waals surface area contributed by atoms with Crippen LogP contribution in [0.4, 0.5) is 13.2 Å². The summed E-state index contributed by atoms with van der Waals surface area (Å²) >= 11 is 0. The van der Waals surface area contributed by atoms with E-state index in [1.807, 2.05) is 0 Å². The third-order valence-electron chi connectivity index (χ3n) is 1.91. The first kappa shape index (κ1) is 17.7. The number of hydrogen-bond acceptors (Lipinski definition) is 3. The van der Waals surface area contributed by atoms with Crippen molar-refractivity contribution in [1.82, 2.24) is 0 Å². The van der Waals surface area contributed by atoms with Crippen LogP contribution in [-0.4, -0.2) is 41.6 Å². The normalized spacial score (nSPS) is 15.6. The minimum absolute atomic E-state index is 0.286. The summed E-state index contributed by atoms with van der Waals surface area (Å²) in [5.74, 6) is -0.602. The molecule has 0 aromatic rings. The van der Waals surface area contributed by atoms with Crippen LogP contribution in [0.2, 0.25) is 0 Å². The summed E-state index contributed by atoms with van der Waals surface area (Å²) in [4.78, 5) is 11.7. The van der Waals surface area contributed by atoms with Gasteiger partial charge in [-0.05, 0) is 10.3 Å². The van der Waals surface area contributed by atoms with Gasteiger partial charge in [-0.25, -0.2) is 0 Å². The summed E-state index contributed by atoms with van der Waals surface area (Å²) in [5.41, 5.74) is -6.15. The zero-order valence-electron chi connectivity index (χ0n) is 10.8. The topological polar surface area (TPSA) is 64.0 Å². The highest BCUT2D eigenvalue weighted by atomic mass is 32.3. The Bertz CT molecular complexity index is 418. The van der Waals surface area contributed by atoms with Gasteiger partial charge in [0.05, 0.1) is 5.75 Å². The van der Waals surface area contributed by atoms with Gasteiger partial charge in [0.2, 0.25) is 0 Å². The Morgan fingerprint density at radius 1 is 1.11 bits per heavy atom. The van der Waals surface area contributed by atoms with Crippen molar-refractivity contribution in [2.45, 2.75) is 26.3 Å². The molecule has 4 nitrogen and oxygen atoms in total. The van der Waals surface area contributed by atoms with Gasteiger partial charge in [-0.3, -0.25) is 8.42 Å². The molecule has 0 aliphatic heterocycles. The van der Waals surface area contributed by atoms with Crippen LogP contribution in [0.3, 0.4) is 0 Å². The van der Waals surface area contributed by atoms with E-state index in [9.17, 15) is 26.4 Å². The zero-order valence-corrected chi connectivity index (χ0v) is 12.5. The summed E-state index contributed by atoms with van der Waals surface area (Å²) in [6.45, 7) is 4.84. The predicted octanol–water partition coefficient (Wildman–Crippen LogP) is 2.52. The molecule has 0 unspecified atom stereocenters. The van der Waals surface area contributed by atoms with E-state index in [0.29, 0.717) is 0 Å². The molecule has 0 atom stereocenters. The monoisotopic (exact) mass is 311 g/mol. The first-order valence-electron chi connectivity index (χ1n) is 4.88. The fourth-order valence-electron chi connectivity index (χ4n) is 0.872. The van der Waals surface area contributed by atoms with Crippen molar-refractivity contribution in [3.05, 3.63) is 0 Å². The van der Waals surface area contributed by atoms with Crippen LogP contribution in [0, 0.1) is 5.41 Å². The number of halogens is 3. The molecule has 9 heteroatoms. The van der Waals surface area contributed by atoms with Crippen LogP contribution < -0.4 is 0 Å². The van der Waals surface area contributed by atoms with E-state index < -0.39 is 31.4 Å². The molecule has 0 fully saturated rings. The smallest absolute Gasteiger partial charge is 0.298 e. The molecule has 0 aromatic heterocycles. The van der Waals surface area contributed by atoms with E-state index in [2.05, 4.69) is 3.63 Å². The second kappa shape index (κ2) is 5.01. The molecular formula is C9H18F3O4S2+. The molecule has 0 heterocycles. The van der Waals surface area contributed by atoms with Crippen molar-refractivity contribution in [3.8, 4) is 0 Å². The number of hydrogen-bond donors (Lipinski definition) is 0. The minimum Gasteiger partial charge on any atom is -0.298 e. The Morgan fingerprint density at radius 2 is 1.50 bits per heavy atom. The van der Waals surface area contributed by atoms with Gasteiger partial charge in [0.1, 0.15) is 0 Å². The fraction of sp³-hybridized carbons (Fsp3) is 0.889. The summed E-state index contributed by atoms with van der Waals surface area (Å²) in [5, 5.41) is 0. The van der Waals surface area contributed by atoms with Gasteiger partial charge in [-0.1, -0.05) is 20.8 Å². The number of carbonyl (C=O) groups is 1. The van der Waals surface area contributed by atoms with Gasteiger partial charge < -0.3 is 0 Å². The molecule has 1 N–H and O–H groups in total. The predicted molar refractivity (Wildman–Crippen MR) is 66.4 cm³/mol. The third-order valence-corrected chi connectivity index (χ3v) is 5.87. The first-order valence-corrected chi connectivity index (χ1v) is 8.90. The minimum atomic E-state index is -5.54. The standard InChI is InChI=1S/C9H17F3O4S2/c1-8(2,3)7(13)6-17(4,5)16-18(14,15)9(10,11)12/h6H2,1-5H3/p+1. The van der Waals surface area contributed by atoms with Crippen LogP contribution >= 0.6 is 10.3 Å². The molecule has 0 rings (SSSR count). The molecule has 0 saturated heterocycles. The van der Waals surface area contributed by atoms with E-state index in [0.717, 1.165) is 0 Å². The number of Topliss-reactive ketones (excluding diaryl/α,β-unsaturated/α-hetero) is 1. The molecule has 0 radical (unpaired) electrons. The largest absolute Gasteiger partial charge is 0.572 e. The van der Waals surface area contributed by atoms with E-state index in [4.69, 9.17) is 0 Å². The molecule has 0 saturated carbocycles. The summed E-state index contributed by atoms with van der Waals surface area (Å²) in [6.07, 6.45) is 2.53. The number of ketones is 1. The first-order chi connectivity index (χ1) is 7.58. The summed E-state index contributed by atoms with van der Waals surface area (Å²) in [6, 6.07) is 0. The van der Waals surface area contributed by atoms with Crippen LogP contribution in [0.1, 0.15) is 20.8 Å². The molecule has 0 aromatic carbocycles. The Morgan fingerprint density at radius 3 is 1.78 bits per heavy atom. The maximum Gasteiger partial charge on any atom is 0.572 e. The van der Waals surface area contributed by atoms with Crippen molar-refractivity contribution in [3.63, 3.8) is 0 Å². The van der Waals surface area contributed by atoms with Crippen molar-refractivity contribution in [2.75, 3.05) is 18.3 Å². The van der Waals surface area contributed by atoms with Gasteiger partial charge in [-0.15, -0.1) is 8.42 Å². The highest BCUT2D eigenvalue weighted by molar-refractivity contribution is 8.31. The Labute approximate surface area is 107 Å². The van der Waals surface area contributed by atoms with E-state index in [1.54, 1.807) is 20.8 Å². The van der Waals surface area contributed by atoms with Crippen molar-refractivity contribution in [1.29, 1.82) is 0 Å². The van der Waals surface area contributed by atoms with Crippen LogP contribution in [0.25, 0.3) is 0 Å². The van der Waals surface area contributed by atoms with E-state index in [-0.39, 0.29) is 11.5 Å². The van der Waals surface area contributed by atoms with Gasteiger partial charge in [-0.2, -0.15) is 13.2 Å². The maximum absolute atomic E-state index is 12.2. The number of rotatable bonds is 4. The van der Waals surface area contributed by atoms with Gasteiger partial charge in [0.25, 0.3) is 0 Å². The lowest BCUT2D eigenvalue weighted by atomic mass is 9.92. The van der Waals surface area contributed by atoms with Crippen molar-refractivity contribution in [2.24, 2.45) is 5.41 Å². The molecule has 18 heavy (non-hydrogen) atoms. The molecule has 0 amide bonds. The number of carbonyl (C=O) groups excluding carboxylic acids is 1. The van der Waals surface area contributed by atoms with Crippen LogP contribution in [0.15, 0.2) is 0 Å². The lowest BCUT2D eigenvalue weighted by Crippen LogP contribution is -2.33. The van der Waals surface area contributed by atoms with Crippen molar-refractivity contribution >= 4 is 26.2 Å². The van der Waals surface area contributed by atoms with Crippen LogP contribution in [-0.2, 0) is 14.9 Å². The van der Waals surface area contributed by atoms with Gasteiger partial charge in [0, 0.05) is 17.9 Å². The molecule has 0 aliphatic carbocycles. The lowest BCUT2D eigenvalue weighted by Gasteiger charge is -2.28. The Hall–Kier alpha value is -0.280. The highest BCUT2D eigenvalue weighted by Crippen LogP contribution is 2.44. The van der Waals surface area contributed by atoms with Crippen molar-refractivity contribution < 1.29 is 30.0 Å². The summed E-state index contributed by atoms with van der Waals surface area (Å²) in [7, 11) is -8.07. The third kappa shape index (κ3) is 5.15. The average molecular weight is 311 g/mol. The van der Waals surface area contributed by atoms with Crippen LogP contribution in [0.5, 0.6) is 0 Å². The highest BCUT2D eigenvalue weighted by Gasteiger charge is 2.55. The summed E-state index contributed by atoms with van der Waals surface area (Å²) < 4.78 is 61.3. The maximum atomic E-state index is 12.2. The van der Waals surface area contributed by atoms with E-state index in [1.165, 1.54) is 12.5 Å². The Kier molecular flexibility index (Phi) is 4.93. The van der Waals surface area contributed by atoms with Gasteiger partial charge >= 0.3 is 15.6 Å². The second-order valence-electron chi connectivity index (χ2n) is 5.29. The Balaban J connectivity index is 4.96. The quantitative estimate of drug-likeness (QED) is 0.455. The van der Waals surface area contributed by atoms with Gasteiger partial charge in [0.15, 0.2) is 5.78 Å². The zero-order chi connectivity index (χ0) is 15.0. The number of alkyl halides is 3. The lowest BCUT2D eigenvalue weighted by molar-refractivity contribution is -0.123. The molecular weight excluding hydrogens is 293 g/mol. The second-order valence-corrected chi connectivity index (χ2v) is 10.6. The molecule has 110 valence electrons. The fourth-order valence-corrected chi connectivity index (χ4v) is 4.62. The molecule has 0 spiro atoms. The SMILES string of the molecule is CC(C)(C)C(=O)CS(C)(C)[OH+]S(=O)(=O)C(F)(F)F. The average Bonchev–Trinajstić information content (AvgIpc) is 1.95. The molecule has 0 bridgehead atoms. The molecule has 0 aliphatic rings. The van der Waals surface area contributed by atoms with E-state index >= 15 is 0 Å².